The molecule has 3 heterocycles. The highest BCUT2D eigenvalue weighted by atomic mass is 16.5. The first-order chi connectivity index (χ1) is 13.4. The lowest BCUT2D eigenvalue weighted by Crippen LogP contribution is -2.41. The van der Waals surface area contributed by atoms with Crippen LogP contribution in [0.1, 0.15) is 6.42 Å². The minimum Gasteiger partial charge on any atom is -0.497 e. The zero-order chi connectivity index (χ0) is 20.0. The lowest BCUT2D eigenvalue weighted by atomic mass is 10.2. The van der Waals surface area contributed by atoms with Gasteiger partial charge in [-0.05, 0) is 30.7 Å². The van der Waals surface area contributed by atoms with Gasteiger partial charge in [-0.2, -0.15) is 4.98 Å². The summed E-state index contributed by atoms with van der Waals surface area (Å²) in [5.41, 5.74) is 0.0127. The van der Waals surface area contributed by atoms with Gasteiger partial charge >= 0.3 is 11.7 Å². The fourth-order valence-electron chi connectivity index (χ4n) is 3.55. The van der Waals surface area contributed by atoms with E-state index in [4.69, 9.17) is 9.84 Å². The molecule has 0 amide bonds. The van der Waals surface area contributed by atoms with Crippen LogP contribution in [0.3, 0.4) is 0 Å². The van der Waals surface area contributed by atoms with E-state index in [9.17, 15) is 14.4 Å². The summed E-state index contributed by atoms with van der Waals surface area (Å²) in [5, 5.41) is 9.05. The molecule has 0 saturated carbocycles. The van der Waals surface area contributed by atoms with Crippen molar-refractivity contribution in [3.8, 4) is 5.75 Å². The molecule has 0 atom stereocenters. The lowest BCUT2D eigenvalue weighted by molar-refractivity contribution is -0.137. The van der Waals surface area contributed by atoms with E-state index in [1.165, 1.54) is 11.6 Å². The molecule has 0 fully saturated rings. The predicted molar refractivity (Wildman–Crippen MR) is 101 cm³/mol. The summed E-state index contributed by atoms with van der Waals surface area (Å²) in [7, 11) is 3.08. The smallest absolute Gasteiger partial charge is 0.333 e. The number of aliphatic carboxylic acids is 1. The van der Waals surface area contributed by atoms with Gasteiger partial charge in [0.25, 0.3) is 5.56 Å². The molecule has 10 nitrogen and oxygen atoms in total. The maximum Gasteiger partial charge on any atom is 0.333 e. The number of benzene rings is 1. The molecule has 0 spiro atoms. The van der Waals surface area contributed by atoms with E-state index in [1.807, 2.05) is 29.2 Å². The summed E-state index contributed by atoms with van der Waals surface area (Å²) in [6.07, 6.45) is 0.770. The maximum atomic E-state index is 12.9. The molecule has 0 aliphatic carbocycles. The van der Waals surface area contributed by atoms with Crippen LogP contribution in [0.2, 0.25) is 0 Å². The van der Waals surface area contributed by atoms with Crippen molar-refractivity contribution in [2.75, 3.05) is 18.6 Å². The minimum absolute atomic E-state index is 0.233. The normalized spacial score (nSPS) is 13.6. The molecule has 146 valence electrons. The number of nitrogens with zero attached hydrogens (tertiary/aromatic N) is 5. The molecule has 1 aliphatic rings. The summed E-state index contributed by atoms with van der Waals surface area (Å²) < 4.78 is 8.89. The van der Waals surface area contributed by atoms with Crippen LogP contribution in [0, 0.1) is 0 Å². The average Bonchev–Trinajstić information content (AvgIpc) is 3.09. The summed E-state index contributed by atoms with van der Waals surface area (Å²) in [6, 6.07) is 7.48. The maximum absolute atomic E-state index is 12.9. The Hall–Kier alpha value is -3.56. The molecule has 0 saturated heterocycles. The third-order valence-corrected chi connectivity index (χ3v) is 4.89. The summed E-state index contributed by atoms with van der Waals surface area (Å²) in [4.78, 5) is 43.0. The number of methoxy groups -OCH3 is 1. The topological polar surface area (TPSA) is 112 Å². The van der Waals surface area contributed by atoms with Gasteiger partial charge in [0.05, 0.1) is 7.11 Å². The van der Waals surface area contributed by atoms with Crippen molar-refractivity contribution >= 4 is 28.8 Å². The minimum atomic E-state index is -1.25. The summed E-state index contributed by atoms with van der Waals surface area (Å²) in [6.45, 7) is 0.566. The first-order valence-electron chi connectivity index (χ1n) is 8.76. The van der Waals surface area contributed by atoms with Gasteiger partial charge in [-0.15, -0.1) is 0 Å². The number of fused-ring (bicyclic) bond motifs is 3. The van der Waals surface area contributed by atoms with E-state index < -0.39 is 23.8 Å². The van der Waals surface area contributed by atoms with Gasteiger partial charge in [-0.3, -0.25) is 14.2 Å². The second-order valence-electron chi connectivity index (χ2n) is 6.57. The molecule has 0 unspecified atom stereocenters. The van der Waals surface area contributed by atoms with Crippen molar-refractivity contribution in [1.82, 2.24) is 18.7 Å². The highest BCUT2D eigenvalue weighted by Gasteiger charge is 2.27. The van der Waals surface area contributed by atoms with Crippen molar-refractivity contribution in [2.45, 2.75) is 19.5 Å². The molecule has 1 aliphatic heterocycles. The van der Waals surface area contributed by atoms with Gasteiger partial charge in [-0.25, -0.2) is 9.36 Å². The van der Waals surface area contributed by atoms with Gasteiger partial charge in [0, 0.05) is 25.8 Å². The summed E-state index contributed by atoms with van der Waals surface area (Å²) in [5.74, 6) is 0.0246. The number of rotatable bonds is 4. The van der Waals surface area contributed by atoms with Crippen LogP contribution >= 0.6 is 0 Å². The number of carboxylic acids is 1. The van der Waals surface area contributed by atoms with Crippen molar-refractivity contribution in [3.63, 3.8) is 0 Å². The van der Waals surface area contributed by atoms with Crippen LogP contribution in [0.5, 0.6) is 5.75 Å². The number of aryl methyl sites for hydroxylation is 2. The predicted octanol–water partition coefficient (Wildman–Crippen LogP) is 0.532. The zero-order valence-electron chi connectivity index (χ0n) is 15.5. The zero-order valence-corrected chi connectivity index (χ0v) is 15.5. The van der Waals surface area contributed by atoms with Gasteiger partial charge in [0.1, 0.15) is 12.3 Å². The largest absolute Gasteiger partial charge is 0.497 e. The van der Waals surface area contributed by atoms with E-state index in [-0.39, 0.29) is 11.2 Å². The monoisotopic (exact) mass is 385 g/mol. The summed E-state index contributed by atoms with van der Waals surface area (Å²) >= 11 is 0. The van der Waals surface area contributed by atoms with E-state index in [0.29, 0.717) is 19.0 Å². The standard InChI is InChI=1S/C18H19N5O5/c1-20-15-14(16(26)23(18(20)27)10-13(24)25)22-9-3-8-21(17(22)19-15)11-4-6-12(28-2)7-5-11/h4-7H,3,8-10H2,1-2H3,(H,24,25). The Kier molecular flexibility index (Phi) is 4.17. The van der Waals surface area contributed by atoms with Gasteiger partial charge in [0.2, 0.25) is 5.95 Å². The SMILES string of the molecule is COc1ccc(N2CCCn3c2nc2c3c(=O)n(CC(=O)O)c(=O)n2C)cc1. The molecular weight excluding hydrogens is 366 g/mol. The van der Waals surface area contributed by atoms with Crippen LogP contribution in [-0.4, -0.2) is 43.4 Å². The molecule has 10 heteroatoms. The van der Waals surface area contributed by atoms with Crippen molar-refractivity contribution in [1.29, 1.82) is 0 Å². The number of aromatic nitrogens is 4. The Balaban J connectivity index is 1.94. The Bertz CT molecular complexity index is 1190. The quantitative estimate of drug-likeness (QED) is 0.697. The van der Waals surface area contributed by atoms with E-state index in [0.717, 1.165) is 22.4 Å². The van der Waals surface area contributed by atoms with Gasteiger partial charge in [-0.1, -0.05) is 0 Å². The second kappa shape index (κ2) is 6.55. The molecular formula is C18H19N5O5. The van der Waals surface area contributed by atoms with Crippen LogP contribution in [0.25, 0.3) is 11.2 Å². The van der Waals surface area contributed by atoms with E-state index >= 15 is 0 Å². The molecule has 4 rings (SSSR count). The number of hydrogen-bond acceptors (Lipinski definition) is 6. The third-order valence-electron chi connectivity index (χ3n) is 4.89. The Morgan fingerprint density at radius 2 is 1.93 bits per heavy atom. The molecule has 3 aromatic rings. The number of imidazole rings is 1. The second-order valence-corrected chi connectivity index (χ2v) is 6.57. The number of carboxylic acid groups (broad SMARTS) is 1. The molecule has 1 N–H and O–H groups in total. The number of ether oxygens (including phenoxy) is 1. The van der Waals surface area contributed by atoms with Crippen molar-refractivity contribution in [2.24, 2.45) is 7.05 Å². The van der Waals surface area contributed by atoms with Crippen LogP contribution in [0.4, 0.5) is 11.6 Å². The lowest BCUT2D eigenvalue weighted by Gasteiger charge is -2.29. The average molecular weight is 385 g/mol. The molecule has 0 bridgehead atoms. The molecule has 0 radical (unpaired) electrons. The Morgan fingerprint density at radius 1 is 1.21 bits per heavy atom. The van der Waals surface area contributed by atoms with E-state index in [1.54, 1.807) is 11.7 Å². The molecule has 1 aromatic carbocycles. The van der Waals surface area contributed by atoms with Gasteiger partial charge in [0.15, 0.2) is 11.2 Å². The third kappa shape index (κ3) is 2.65. The highest BCUT2D eigenvalue weighted by molar-refractivity contribution is 5.77. The molecule has 28 heavy (non-hydrogen) atoms. The first-order valence-corrected chi connectivity index (χ1v) is 8.76. The first kappa shape index (κ1) is 17.8. The molecule has 2 aromatic heterocycles. The van der Waals surface area contributed by atoms with Crippen LogP contribution in [-0.2, 0) is 24.9 Å². The fourth-order valence-corrected chi connectivity index (χ4v) is 3.55. The van der Waals surface area contributed by atoms with Gasteiger partial charge < -0.3 is 19.3 Å². The number of hydrogen-bond donors (Lipinski definition) is 1. The van der Waals surface area contributed by atoms with Crippen molar-refractivity contribution in [3.05, 3.63) is 45.1 Å². The Morgan fingerprint density at radius 3 is 2.57 bits per heavy atom. The van der Waals surface area contributed by atoms with E-state index in [2.05, 4.69) is 4.98 Å². The number of carbonyl (C=O) groups is 1. The van der Waals surface area contributed by atoms with Crippen LogP contribution < -0.4 is 20.9 Å². The fraction of sp³-hybridized carbons (Fsp3) is 0.333. The van der Waals surface area contributed by atoms with Crippen LogP contribution in [0.15, 0.2) is 33.9 Å². The Labute approximate surface area is 158 Å². The van der Waals surface area contributed by atoms with Crippen molar-refractivity contribution < 1.29 is 14.6 Å². The number of anilines is 2. The highest BCUT2D eigenvalue weighted by Crippen LogP contribution is 2.31.